The lowest BCUT2D eigenvalue weighted by Crippen LogP contribution is -2.26. The molecule has 2 heteroatoms. The second kappa shape index (κ2) is 3.56. The number of hydrogen-bond acceptors (Lipinski definition) is 2. The van der Waals surface area contributed by atoms with Crippen molar-refractivity contribution in [3.63, 3.8) is 0 Å². The molecule has 3 atom stereocenters. The number of rotatable bonds is 1. The third-order valence-electron chi connectivity index (χ3n) is 4.54. The Kier molecular flexibility index (Phi) is 2.08. The molecule has 0 aromatic heterocycles. The summed E-state index contributed by atoms with van der Waals surface area (Å²) in [6.45, 7) is 2.25. The van der Waals surface area contributed by atoms with Crippen LogP contribution in [-0.4, -0.2) is 18.2 Å². The van der Waals surface area contributed by atoms with Gasteiger partial charge < -0.3 is 0 Å². The van der Waals surface area contributed by atoms with Crippen LogP contribution in [0.1, 0.15) is 36.5 Å². The molecule has 92 valence electrons. The van der Waals surface area contributed by atoms with E-state index in [2.05, 4.69) is 55.4 Å². The van der Waals surface area contributed by atoms with Crippen LogP contribution in [0.5, 0.6) is 0 Å². The Bertz CT molecular complexity index is 616. The molecule has 1 saturated heterocycles. The summed E-state index contributed by atoms with van der Waals surface area (Å²) in [5, 5.41) is 4.84. The predicted molar refractivity (Wildman–Crippen MR) is 72.4 cm³/mol. The highest BCUT2D eigenvalue weighted by Gasteiger charge is 2.47. The quantitative estimate of drug-likeness (QED) is 0.753. The molecule has 1 heterocycles. The fourth-order valence-electron chi connectivity index (χ4n) is 3.80. The van der Waals surface area contributed by atoms with Crippen molar-refractivity contribution in [1.29, 1.82) is 0 Å². The number of hydrogen-bond donors (Lipinski definition) is 0. The van der Waals surface area contributed by atoms with E-state index in [0.717, 1.165) is 6.42 Å². The lowest BCUT2D eigenvalue weighted by atomic mass is 9.90. The van der Waals surface area contributed by atoms with Crippen LogP contribution in [-0.2, 0) is 4.84 Å². The van der Waals surface area contributed by atoms with Crippen LogP contribution in [0.25, 0.3) is 10.8 Å². The molecule has 0 radical (unpaired) electrons. The van der Waals surface area contributed by atoms with E-state index in [1.807, 2.05) is 0 Å². The summed E-state index contributed by atoms with van der Waals surface area (Å²) in [7, 11) is 2.06. The zero-order chi connectivity index (χ0) is 12.3. The zero-order valence-electron chi connectivity index (χ0n) is 10.8. The lowest BCUT2D eigenvalue weighted by Gasteiger charge is -2.20. The summed E-state index contributed by atoms with van der Waals surface area (Å²) >= 11 is 0. The van der Waals surface area contributed by atoms with Crippen LogP contribution in [0.4, 0.5) is 0 Å². The Morgan fingerprint density at radius 1 is 1.11 bits per heavy atom. The van der Waals surface area contributed by atoms with Crippen LogP contribution in [0, 0.1) is 0 Å². The summed E-state index contributed by atoms with van der Waals surface area (Å²) in [6.07, 6.45) is 1.35. The molecule has 18 heavy (non-hydrogen) atoms. The molecule has 0 unspecified atom stereocenters. The predicted octanol–water partition coefficient (Wildman–Crippen LogP) is 3.63. The molecular formula is C16H17NO. The Hall–Kier alpha value is -1.38. The number of likely N-dealkylation sites (N-methyl/N-ethyl adjacent to an activating group) is 1. The van der Waals surface area contributed by atoms with Gasteiger partial charge in [0.2, 0.25) is 0 Å². The van der Waals surface area contributed by atoms with Crippen LogP contribution >= 0.6 is 0 Å². The van der Waals surface area contributed by atoms with Gasteiger partial charge in [-0.1, -0.05) is 43.3 Å². The molecule has 4 rings (SSSR count). The van der Waals surface area contributed by atoms with Gasteiger partial charge in [-0.05, 0) is 28.3 Å². The molecule has 0 spiro atoms. The number of benzene rings is 2. The normalized spacial score (nSPS) is 30.0. The van der Waals surface area contributed by atoms with Crippen molar-refractivity contribution in [2.45, 2.75) is 31.4 Å². The van der Waals surface area contributed by atoms with E-state index in [0.29, 0.717) is 12.0 Å². The Morgan fingerprint density at radius 2 is 1.83 bits per heavy atom. The topological polar surface area (TPSA) is 12.5 Å². The third kappa shape index (κ3) is 1.15. The SMILES string of the molecule is CC[C@@H]1[C@@H]2c3cccc4cccc(c34)[C@@H]2ON1C. The maximum absolute atomic E-state index is 6.09. The van der Waals surface area contributed by atoms with E-state index >= 15 is 0 Å². The summed E-state index contributed by atoms with van der Waals surface area (Å²) in [6, 6.07) is 13.7. The van der Waals surface area contributed by atoms with Gasteiger partial charge in [0.15, 0.2) is 0 Å². The minimum atomic E-state index is 0.223. The molecule has 0 bridgehead atoms. The average Bonchev–Trinajstić information content (AvgIpc) is 2.87. The number of nitrogens with zero attached hydrogens (tertiary/aromatic N) is 1. The van der Waals surface area contributed by atoms with Gasteiger partial charge in [0.25, 0.3) is 0 Å². The monoisotopic (exact) mass is 239 g/mol. The minimum absolute atomic E-state index is 0.223. The molecule has 2 nitrogen and oxygen atoms in total. The Balaban J connectivity index is 1.99. The summed E-state index contributed by atoms with van der Waals surface area (Å²) in [5.41, 5.74) is 2.85. The van der Waals surface area contributed by atoms with Crippen molar-refractivity contribution in [3.8, 4) is 0 Å². The molecule has 0 amide bonds. The molecule has 2 aromatic carbocycles. The molecular weight excluding hydrogens is 222 g/mol. The van der Waals surface area contributed by atoms with Crippen molar-refractivity contribution in [3.05, 3.63) is 47.5 Å². The second-order valence-corrected chi connectivity index (χ2v) is 5.37. The minimum Gasteiger partial charge on any atom is -0.290 e. The van der Waals surface area contributed by atoms with Gasteiger partial charge in [-0.3, -0.25) is 4.84 Å². The van der Waals surface area contributed by atoms with Gasteiger partial charge in [-0.25, -0.2) is 0 Å². The number of hydroxylamine groups is 2. The summed E-state index contributed by atoms with van der Waals surface area (Å²) in [4.78, 5) is 6.09. The van der Waals surface area contributed by atoms with Crippen LogP contribution in [0.2, 0.25) is 0 Å². The zero-order valence-corrected chi connectivity index (χ0v) is 10.8. The highest BCUT2D eigenvalue weighted by molar-refractivity contribution is 5.92. The van der Waals surface area contributed by atoms with E-state index in [1.54, 1.807) is 0 Å². The highest BCUT2D eigenvalue weighted by Crippen LogP contribution is 2.54. The average molecular weight is 239 g/mol. The Morgan fingerprint density at radius 3 is 2.56 bits per heavy atom. The summed E-state index contributed by atoms with van der Waals surface area (Å²) in [5.74, 6) is 0.501. The first-order chi connectivity index (χ1) is 8.81. The fraction of sp³-hybridized carbons (Fsp3) is 0.375. The molecule has 1 aliphatic carbocycles. The maximum Gasteiger partial charge on any atom is 0.113 e. The van der Waals surface area contributed by atoms with Crippen molar-refractivity contribution in [2.24, 2.45) is 0 Å². The molecule has 1 fully saturated rings. The van der Waals surface area contributed by atoms with Crippen LogP contribution in [0.3, 0.4) is 0 Å². The van der Waals surface area contributed by atoms with Gasteiger partial charge in [0, 0.05) is 19.0 Å². The van der Waals surface area contributed by atoms with Gasteiger partial charge in [-0.15, -0.1) is 0 Å². The van der Waals surface area contributed by atoms with E-state index in [4.69, 9.17) is 4.84 Å². The highest BCUT2D eigenvalue weighted by atomic mass is 16.7. The first-order valence-corrected chi connectivity index (χ1v) is 6.72. The fourth-order valence-corrected chi connectivity index (χ4v) is 3.80. The largest absolute Gasteiger partial charge is 0.290 e. The molecule has 2 aliphatic rings. The first-order valence-electron chi connectivity index (χ1n) is 6.72. The van der Waals surface area contributed by atoms with Crippen molar-refractivity contribution < 1.29 is 4.84 Å². The van der Waals surface area contributed by atoms with Gasteiger partial charge in [0.05, 0.1) is 0 Å². The van der Waals surface area contributed by atoms with Crippen molar-refractivity contribution >= 4 is 10.8 Å². The van der Waals surface area contributed by atoms with E-state index in [9.17, 15) is 0 Å². The van der Waals surface area contributed by atoms with Gasteiger partial charge >= 0.3 is 0 Å². The molecule has 1 aliphatic heterocycles. The van der Waals surface area contributed by atoms with Crippen molar-refractivity contribution in [1.82, 2.24) is 5.06 Å². The molecule has 0 saturated carbocycles. The van der Waals surface area contributed by atoms with Crippen LogP contribution in [0.15, 0.2) is 36.4 Å². The van der Waals surface area contributed by atoms with Crippen LogP contribution < -0.4 is 0 Å². The van der Waals surface area contributed by atoms with E-state index in [-0.39, 0.29) is 6.10 Å². The van der Waals surface area contributed by atoms with E-state index in [1.165, 1.54) is 21.9 Å². The summed E-state index contributed by atoms with van der Waals surface area (Å²) < 4.78 is 0. The smallest absolute Gasteiger partial charge is 0.113 e. The lowest BCUT2D eigenvalue weighted by molar-refractivity contribution is -0.144. The maximum atomic E-state index is 6.09. The first kappa shape index (κ1) is 10.5. The standard InChI is InChI=1S/C16H17NO/c1-3-13-15-11-8-4-6-10-7-5-9-12(14(10)11)16(15)18-17(13)2/h4-9,13,15-16H,3H2,1-2H3/t13-,15+,16+/m1/s1. The third-order valence-corrected chi connectivity index (χ3v) is 4.54. The van der Waals surface area contributed by atoms with E-state index < -0.39 is 0 Å². The number of fused-ring (bicyclic) bond motifs is 3. The van der Waals surface area contributed by atoms with Gasteiger partial charge in [0.1, 0.15) is 6.10 Å². The van der Waals surface area contributed by atoms with Gasteiger partial charge in [-0.2, -0.15) is 5.06 Å². The second-order valence-electron chi connectivity index (χ2n) is 5.37. The van der Waals surface area contributed by atoms with Crippen molar-refractivity contribution in [2.75, 3.05) is 7.05 Å². The molecule has 2 aromatic rings. The Labute approximate surface area is 107 Å². The molecule has 0 N–H and O–H groups in total.